The monoisotopic (exact) mass is 238 g/mol. The van der Waals surface area contributed by atoms with Crippen molar-refractivity contribution in [3.63, 3.8) is 0 Å². The topological polar surface area (TPSA) is 27.7 Å². The van der Waals surface area contributed by atoms with Gasteiger partial charge in [0.2, 0.25) is 0 Å². The van der Waals surface area contributed by atoms with Gasteiger partial charge in [0.25, 0.3) is 0 Å². The maximum atomic E-state index is 5.58. The average Bonchev–Trinajstić information content (AvgIpc) is 2.30. The van der Waals surface area contributed by atoms with E-state index in [-0.39, 0.29) is 0 Å². The lowest BCUT2D eigenvalue weighted by atomic mass is 10.2. The van der Waals surface area contributed by atoms with Gasteiger partial charge in [-0.05, 0) is 30.5 Å². The van der Waals surface area contributed by atoms with Crippen LogP contribution in [-0.4, -0.2) is 20.3 Å². The molecule has 0 spiro atoms. The summed E-state index contributed by atoms with van der Waals surface area (Å²) < 4.78 is 16.3. The molecule has 1 aromatic carbocycles. The van der Waals surface area contributed by atoms with Crippen LogP contribution in [0.2, 0.25) is 0 Å². The standard InChI is InChI=1S/C14H22O3/c1-5-17-13-7-6-12(8-14(13)15-4)10-16-9-11(2)3/h6-8,11H,5,9-10H2,1-4H3. The fourth-order valence-corrected chi connectivity index (χ4v) is 1.49. The van der Waals surface area contributed by atoms with Gasteiger partial charge in [0.05, 0.1) is 20.3 Å². The van der Waals surface area contributed by atoms with Crippen LogP contribution < -0.4 is 9.47 Å². The lowest BCUT2D eigenvalue weighted by Gasteiger charge is -2.11. The van der Waals surface area contributed by atoms with Crippen molar-refractivity contribution in [2.75, 3.05) is 20.3 Å². The average molecular weight is 238 g/mol. The lowest BCUT2D eigenvalue weighted by Crippen LogP contribution is -2.02. The molecule has 1 rings (SSSR count). The van der Waals surface area contributed by atoms with Crippen LogP contribution in [0, 0.1) is 5.92 Å². The molecule has 17 heavy (non-hydrogen) atoms. The maximum Gasteiger partial charge on any atom is 0.161 e. The minimum Gasteiger partial charge on any atom is -0.493 e. The normalized spacial score (nSPS) is 10.6. The minimum absolute atomic E-state index is 0.555. The molecule has 96 valence electrons. The highest BCUT2D eigenvalue weighted by Gasteiger charge is 2.05. The first-order chi connectivity index (χ1) is 8.17. The number of hydrogen-bond acceptors (Lipinski definition) is 3. The molecule has 0 fully saturated rings. The van der Waals surface area contributed by atoms with Crippen molar-refractivity contribution in [1.82, 2.24) is 0 Å². The van der Waals surface area contributed by atoms with Gasteiger partial charge in [0.1, 0.15) is 0 Å². The van der Waals surface area contributed by atoms with Crippen LogP contribution >= 0.6 is 0 Å². The van der Waals surface area contributed by atoms with E-state index in [4.69, 9.17) is 14.2 Å². The van der Waals surface area contributed by atoms with E-state index >= 15 is 0 Å². The van der Waals surface area contributed by atoms with Crippen molar-refractivity contribution in [3.8, 4) is 11.5 Å². The van der Waals surface area contributed by atoms with E-state index in [0.717, 1.165) is 23.7 Å². The number of benzene rings is 1. The summed E-state index contributed by atoms with van der Waals surface area (Å²) in [4.78, 5) is 0. The summed E-state index contributed by atoms with van der Waals surface area (Å²) in [6, 6.07) is 5.90. The third-order valence-electron chi connectivity index (χ3n) is 2.25. The van der Waals surface area contributed by atoms with Crippen LogP contribution in [0.3, 0.4) is 0 Å². The molecule has 1 aromatic rings. The molecule has 0 saturated heterocycles. The maximum absolute atomic E-state index is 5.58. The molecule has 0 aromatic heterocycles. The van der Waals surface area contributed by atoms with Gasteiger partial charge in [-0.2, -0.15) is 0 Å². The van der Waals surface area contributed by atoms with E-state index in [0.29, 0.717) is 19.1 Å². The summed E-state index contributed by atoms with van der Waals surface area (Å²) in [5.41, 5.74) is 1.10. The minimum atomic E-state index is 0.555. The Labute approximate surface area is 104 Å². The largest absolute Gasteiger partial charge is 0.493 e. The summed E-state index contributed by atoms with van der Waals surface area (Å²) in [5.74, 6) is 2.10. The third-order valence-corrected chi connectivity index (χ3v) is 2.25. The van der Waals surface area contributed by atoms with Gasteiger partial charge in [0, 0.05) is 6.61 Å². The summed E-state index contributed by atoms with van der Waals surface area (Å²) in [7, 11) is 1.65. The van der Waals surface area contributed by atoms with Crippen LogP contribution in [0.15, 0.2) is 18.2 Å². The van der Waals surface area contributed by atoms with Gasteiger partial charge in [-0.15, -0.1) is 0 Å². The Hall–Kier alpha value is -1.22. The number of hydrogen-bond donors (Lipinski definition) is 0. The summed E-state index contributed by atoms with van der Waals surface area (Å²) >= 11 is 0. The summed E-state index contributed by atoms with van der Waals surface area (Å²) in [6.45, 7) is 8.26. The molecule has 3 heteroatoms. The van der Waals surface area contributed by atoms with Crippen molar-refractivity contribution in [3.05, 3.63) is 23.8 Å². The van der Waals surface area contributed by atoms with E-state index < -0.39 is 0 Å². The predicted molar refractivity (Wildman–Crippen MR) is 68.7 cm³/mol. The van der Waals surface area contributed by atoms with E-state index in [1.807, 2.05) is 25.1 Å². The van der Waals surface area contributed by atoms with E-state index in [9.17, 15) is 0 Å². The fourth-order valence-electron chi connectivity index (χ4n) is 1.49. The molecular formula is C14H22O3. The molecule has 0 aliphatic carbocycles. The Morgan fingerprint density at radius 2 is 1.94 bits per heavy atom. The molecule has 0 aliphatic heterocycles. The van der Waals surface area contributed by atoms with Crippen LogP contribution in [0.5, 0.6) is 11.5 Å². The second-order valence-corrected chi connectivity index (χ2v) is 4.33. The molecule has 0 saturated carbocycles. The molecular weight excluding hydrogens is 216 g/mol. The third kappa shape index (κ3) is 4.65. The Morgan fingerprint density at radius 3 is 2.53 bits per heavy atom. The van der Waals surface area contributed by atoms with E-state index in [2.05, 4.69) is 13.8 Å². The molecule has 0 aliphatic rings. The highest BCUT2D eigenvalue weighted by molar-refractivity contribution is 5.42. The zero-order valence-electron chi connectivity index (χ0n) is 11.2. The van der Waals surface area contributed by atoms with Crippen molar-refractivity contribution >= 4 is 0 Å². The van der Waals surface area contributed by atoms with Crippen molar-refractivity contribution in [1.29, 1.82) is 0 Å². The molecule has 0 amide bonds. The van der Waals surface area contributed by atoms with Gasteiger partial charge in [-0.3, -0.25) is 0 Å². The first-order valence-corrected chi connectivity index (χ1v) is 6.04. The van der Waals surface area contributed by atoms with Crippen molar-refractivity contribution < 1.29 is 14.2 Å². The second-order valence-electron chi connectivity index (χ2n) is 4.33. The predicted octanol–water partition coefficient (Wildman–Crippen LogP) is 3.27. The van der Waals surface area contributed by atoms with E-state index in [1.165, 1.54) is 0 Å². The van der Waals surface area contributed by atoms with Gasteiger partial charge >= 0.3 is 0 Å². The van der Waals surface area contributed by atoms with Crippen LogP contribution in [-0.2, 0) is 11.3 Å². The second kappa shape index (κ2) is 7.17. The number of rotatable bonds is 7. The lowest BCUT2D eigenvalue weighted by molar-refractivity contribution is 0.0969. The Balaban J connectivity index is 2.62. The zero-order chi connectivity index (χ0) is 12.7. The van der Waals surface area contributed by atoms with Crippen LogP contribution in [0.4, 0.5) is 0 Å². The summed E-state index contributed by atoms with van der Waals surface area (Å²) in [6.07, 6.45) is 0. The Kier molecular flexibility index (Phi) is 5.84. The fraction of sp³-hybridized carbons (Fsp3) is 0.571. The van der Waals surface area contributed by atoms with Crippen LogP contribution in [0.25, 0.3) is 0 Å². The van der Waals surface area contributed by atoms with Crippen molar-refractivity contribution in [2.24, 2.45) is 5.92 Å². The van der Waals surface area contributed by atoms with Gasteiger partial charge in [-0.1, -0.05) is 19.9 Å². The van der Waals surface area contributed by atoms with Crippen molar-refractivity contribution in [2.45, 2.75) is 27.4 Å². The van der Waals surface area contributed by atoms with Gasteiger partial charge in [-0.25, -0.2) is 0 Å². The number of ether oxygens (including phenoxy) is 3. The van der Waals surface area contributed by atoms with Gasteiger partial charge in [0.15, 0.2) is 11.5 Å². The molecule has 0 atom stereocenters. The zero-order valence-corrected chi connectivity index (χ0v) is 11.2. The highest BCUT2D eigenvalue weighted by Crippen LogP contribution is 2.28. The molecule has 0 heterocycles. The molecule has 0 radical (unpaired) electrons. The first kappa shape index (κ1) is 13.8. The molecule has 0 unspecified atom stereocenters. The highest BCUT2D eigenvalue weighted by atomic mass is 16.5. The summed E-state index contributed by atoms with van der Waals surface area (Å²) in [5, 5.41) is 0. The molecule has 0 bridgehead atoms. The Morgan fingerprint density at radius 1 is 1.18 bits per heavy atom. The first-order valence-electron chi connectivity index (χ1n) is 6.04. The quantitative estimate of drug-likeness (QED) is 0.729. The SMILES string of the molecule is CCOc1ccc(COCC(C)C)cc1OC. The van der Waals surface area contributed by atoms with E-state index in [1.54, 1.807) is 7.11 Å². The van der Waals surface area contributed by atoms with Crippen LogP contribution in [0.1, 0.15) is 26.3 Å². The van der Waals surface area contributed by atoms with Gasteiger partial charge < -0.3 is 14.2 Å². The Bertz CT molecular complexity index is 334. The number of methoxy groups -OCH3 is 1. The smallest absolute Gasteiger partial charge is 0.161 e. The molecule has 0 N–H and O–H groups in total. The molecule has 3 nitrogen and oxygen atoms in total.